The van der Waals surface area contributed by atoms with E-state index in [1.165, 1.54) is 0 Å². The van der Waals surface area contributed by atoms with Crippen molar-refractivity contribution in [1.29, 1.82) is 0 Å². The number of hydrogen-bond donors (Lipinski definition) is 2. The number of nitrogens with one attached hydrogen (secondary N) is 1. The summed E-state index contributed by atoms with van der Waals surface area (Å²) in [7, 11) is 0. The lowest BCUT2D eigenvalue weighted by Gasteiger charge is -2.38. The van der Waals surface area contributed by atoms with Crippen molar-refractivity contribution in [2.24, 2.45) is 5.73 Å². The van der Waals surface area contributed by atoms with E-state index in [0.29, 0.717) is 6.54 Å². The van der Waals surface area contributed by atoms with Crippen molar-refractivity contribution in [3.63, 3.8) is 0 Å². The van der Waals surface area contributed by atoms with Crippen molar-refractivity contribution >= 4 is 0 Å². The highest BCUT2D eigenvalue weighted by atomic mass is 16.5. The molecule has 0 radical (unpaired) electrons. The van der Waals surface area contributed by atoms with Crippen LogP contribution < -0.4 is 11.1 Å². The van der Waals surface area contributed by atoms with Crippen LogP contribution >= 0.6 is 0 Å². The van der Waals surface area contributed by atoms with Crippen LogP contribution in [0.5, 0.6) is 0 Å². The van der Waals surface area contributed by atoms with Crippen LogP contribution in [0.3, 0.4) is 0 Å². The highest BCUT2D eigenvalue weighted by Gasteiger charge is 2.34. The zero-order valence-corrected chi connectivity index (χ0v) is 9.73. The third-order valence-electron chi connectivity index (χ3n) is 2.64. The Morgan fingerprint density at radius 1 is 1.29 bits per heavy atom. The van der Waals surface area contributed by atoms with E-state index >= 15 is 0 Å². The zero-order chi connectivity index (χ0) is 10.7. The first-order valence-electron chi connectivity index (χ1n) is 5.58. The second-order valence-corrected chi connectivity index (χ2v) is 5.21. The SMILES string of the molecule is CC(C)(C)OC1(CN)CCCNCC1. The van der Waals surface area contributed by atoms with E-state index in [2.05, 4.69) is 26.1 Å². The molecule has 0 aromatic heterocycles. The molecule has 1 rings (SSSR count). The molecule has 1 heterocycles. The summed E-state index contributed by atoms with van der Waals surface area (Å²) in [6, 6.07) is 0. The molecule has 0 amide bonds. The Bertz CT molecular complexity index is 167. The van der Waals surface area contributed by atoms with Crippen LogP contribution in [0.1, 0.15) is 40.0 Å². The molecule has 1 aliphatic heterocycles. The minimum Gasteiger partial charge on any atom is -0.368 e. The zero-order valence-electron chi connectivity index (χ0n) is 9.73. The van der Waals surface area contributed by atoms with Gasteiger partial charge in [-0.25, -0.2) is 0 Å². The fourth-order valence-corrected chi connectivity index (χ4v) is 2.10. The quantitative estimate of drug-likeness (QED) is 0.706. The molecule has 1 atom stereocenters. The van der Waals surface area contributed by atoms with E-state index < -0.39 is 0 Å². The minimum atomic E-state index is -0.0955. The molecule has 84 valence electrons. The highest BCUT2D eigenvalue weighted by molar-refractivity contribution is 4.87. The van der Waals surface area contributed by atoms with E-state index in [4.69, 9.17) is 10.5 Å². The van der Waals surface area contributed by atoms with E-state index in [9.17, 15) is 0 Å². The highest BCUT2D eigenvalue weighted by Crippen LogP contribution is 2.28. The van der Waals surface area contributed by atoms with Gasteiger partial charge in [0.25, 0.3) is 0 Å². The predicted octanol–water partition coefficient (Wildman–Crippen LogP) is 1.27. The molecule has 1 fully saturated rings. The molecular formula is C11H24N2O. The Morgan fingerprint density at radius 3 is 2.57 bits per heavy atom. The smallest absolute Gasteiger partial charge is 0.0823 e. The Morgan fingerprint density at radius 2 is 2.00 bits per heavy atom. The first kappa shape index (κ1) is 12.0. The molecule has 0 bridgehead atoms. The van der Waals surface area contributed by atoms with Crippen molar-refractivity contribution in [3.05, 3.63) is 0 Å². The van der Waals surface area contributed by atoms with E-state index in [-0.39, 0.29) is 11.2 Å². The summed E-state index contributed by atoms with van der Waals surface area (Å²) in [4.78, 5) is 0. The van der Waals surface area contributed by atoms with Gasteiger partial charge >= 0.3 is 0 Å². The molecule has 0 aliphatic carbocycles. The van der Waals surface area contributed by atoms with Crippen LogP contribution in [0.25, 0.3) is 0 Å². The fraction of sp³-hybridized carbons (Fsp3) is 1.00. The monoisotopic (exact) mass is 200 g/mol. The lowest BCUT2D eigenvalue weighted by molar-refractivity contribution is -0.132. The predicted molar refractivity (Wildman–Crippen MR) is 59.3 cm³/mol. The molecule has 0 spiro atoms. The Hall–Kier alpha value is -0.120. The maximum atomic E-state index is 6.13. The second-order valence-electron chi connectivity index (χ2n) is 5.21. The van der Waals surface area contributed by atoms with Gasteiger partial charge in [0.1, 0.15) is 0 Å². The Kier molecular flexibility index (Phi) is 3.93. The topological polar surface area (TPSA) is 47.3 Å². The first-order valence-corrected chi connectivity index (χ1v) is 5.58. The molecule has 14 heavy (non-hydrogen) atoms. The van der Waals surface area contributed by atoms with Crippen LogP contribution in [-0.2, 0) is 4.74 Å². The van der Waals surface area contributed by atoms with Gasteiger partial charge in [-0.2, -0.15) is 0 Å². The van der Waals surface area contributed by atoms with Gasteiger partial charge in [0, 0.05) is 6.54 Å². The average molecular weight is 200 g/mol. The van der Waals surface area contributed by atoms with Gasteiger partial charge in [-0.3, -0.25) is 0 Å². The van der Waals surface area contributed by atoms with Crippen LogP contribution in [0.2, 0.25) is 0 Å². The molecule has 3 heteroatoms. The van der Waals surface area contributed by atoms with Gasteiger partial charge < -0.3 is 15.8 Å². The minimum absolute atomic E-state index is 0.0935. The van der Waals surface area contributed by atoms with E-state index in [1.807, 2.05) is 0 Å². The van der Waals surface area contributed by atoms with Gasteiger partial charge in [-0.1, -0.05) is 0 Å². The standard InChI is InChI=1S/C11H24N2O/c1-10(2,3)14-11(9-12)5-4-7-13-8-6-11/h13H,4-9,12H2,1-3H3. The van der Waals surface area contributed by atoms with E-state index in [1.54, 1.807) is 0 Å². The van der Waals surface area contributed by atoms with Crippen LogP contribution in [-0.4, -0.2) is 30.8 Å². The fourth-order valence-electron chi connectivity index (χ4n) is 2.10. The number of hydrogen-bond acceptors (Lipinski definition) is 3. The van der Waals surface area contributed by atoms with Crippen molar-refractivity contribution < 1.29 is 4.74 Å². The van der Waals surface area contributed by atoms with Gasteiger partial charge in [0.05, 0.1) is 11.2 Å². The maximum absolute atomic E-state index is 6.13. The third-order valence-corrected chi connectivity index (χ3v) is 2.64. The van der Waals surface area contributed by atoms with Crippen molar-refractivity contribution in [2.75, 3.05) is 19.6 Å². The maximum Gasteiger partial charge on any atom is 0.0823 e. The average Bonchev–Trinajstić information content (AvgIpc) is 2.28. The van der Waals surface area contributed by atoms with Crippen LogP contribution in [0.15, 0.2) is 0 Å². The number of nitrogens with two attached hydrogens (primary N) is 1. The van der Waals surface area contributed by atoms with Gasteiger partial charge in [-0.15, -0.1) is 0 Å². The first-order chi connectivity index (χ1) is 6.47. The van der Waals surface area contributed by atoms with Crippen molar-refractivity contribution in [3.8, 4) is 0 Å². The second kappa shape index (κ2) is 4.60. The number of ether oxygens (including phenoxy) is 1. The lowest BCUT2D eigenvalue weighted by atomic mass is 9.93. The molecule has 1 saturated heterocycles. The largest absolute Gasteiger partial charge is 0.368 e. The summed E-state index contributed by atoms with van der Waals surface area (Å²) in [5.74, 6) is 0. The van der Waals surface area contributed by atoms with Crippen LogP contribution in [0, 0.1) is 0 Å². The molecule has 1 unspecified atom stereocenters. The summed E-state index contributed by atoms with van der Waals surface area (Å²) in [6.07, 6.45) is 3.27. The Labute approximate surface area is 87.4 Å². The summed E-state index contributed by atoms with van der Waals surface area (Å²) in [6.45, 7) is 9.04. The molecule has 1 aliphatic rings. The van der Waals surface area contributed by atoms with Gasteiger partial charge in [0.15, 0.2) is 0 Å². The lowest BCUT2D eigenvalue weighted by Crippen LogP contribution is -2.46. The third kappa shape index (κ3) is 3.56. The van der Waals surface area contributed by atoms with Crippen molar-refractivity contribution in [1.82, 2.24) is 5.32 Å². The summed E-state index contributed by atoms with van der Waals surface area (Å²) in [5, 5.41) is 3.39. The molecule has 0 saturated carbocycles. The van der Waals surface area contributed by atoms with Gasteiger partial charge in [-0.05, 0) is 53.1 Å². The van der Waals surface area contributed by atoms with E-state index in [0.717, 1.165) is 32.4 Å². The molecular weight excluding hydrogens is 176 g/mol. The molecule has 3 N–H and O–H groups in total. The summed E-state index contributed by atoms with van der Waals surface area (Å²) < 4.78 is 6.13. The van der Waals surface area contributed by atoms with Crippen molar-refractivity contribution in [2.45, 2.75) is 51.2 Å². The van der Waals surface area contributed by atoms with Gasteiger partial charge in [0.2, 0.25) is 0 Å². The molecule has 3 nitrogen and oxygen atoms in total. The molecule has 0 aromatic rings. The number of rotatable bonds is 2. The summed E-state index contributed by atoms with van der Waals surface area (Å²) >= 11 is 0. The normalized spacial score (nSPS) is 30.0. The Balaban J connectivity index is 2.63. The molecule has 0 aromatic carbocycles. The summed E-state index contributed by atoms with van der Waals surface area (Å²) in [5.41, 5.74) is 5.67. The van der Waals surface area contributed by atoms with Crippen LogP contribution in [0.4, 0.5) is 0 Å².